The maximum atomic E-state index is 12.9. The third kappa shape index (κ3) is 3.15. The molecule has 0 bridgehead atoms. The summed E-state index contributed by atoms with van der Waals surface area (Å²) < 4.78 is 11.7. The molecule has 2 aliphatic heterocycles. The number of carbonyl (C=O) groups excluding carboxylic acids is 2. The minimum atomic E-state index is -0.506. The van der Waals surface area contributed by atoms with Gasteiger partial charge in [0.25, 0.3) is 5.91 Å². The topological polar surface area (TPSA) is 55.8 Å². The van der Waals surface area contributed by atoms with Crippen molar-refractivity contribution >= 4 is 11.7 Å². The van der Waals surface area contributed by atoms with E-state index >= 15 is 0 Å². The molecule has 2 aromatic rings. The number of ketones is 1. The van der Waals surface area contributed by atoms with Crippen molar-refractivity contribution in [3.8, 4) is 11.5 Å². The maximum absolute atomic E-state index is 12.9. The van der Waals surface area contributed by atoms with Gasteiger partial charge < -0.3 is 14.4 Å². The zero-order valence-electron chi connectivity index (χ0n) is 16.6. The molecule has 5 heteroatoms. The highest BCUT2D eigenvalue weighted by atomic mass is 16.5. The van der Waals surface area contributed by atoms with Gasteiger partial charge in [0.1, 0.15) is 17.1 Å². The first-order valence-electron chi connectivity index (χ1n) is 9.68. The zero-order chi connectivity index (χ0) is 19.9. The fraction of sp³-hybridized carbons (Fsp3) is 0.391. The lowest BCUT2D eigenvalue weighted by Crippen LogP contribution is -2.52. The number of benzene rings is 2. The molecule has 146 valence electrons. The van der Waals surface area contributed by atoms with Crippen molar-refractivity contribution in [2.24, 2.45) is 0 Å². The molecule has 0 N–H and O–H groups in total. The van der Waals surface area contributed by atoms with Crippen LogP contribution in [0.25, 0.3) is 0 Å². The Balaban J connectivity index is 1.51. The van der Waals surface area contributed by atoms with Gasteiger partial charge >= 0.3 is 0 Å². The number of aryl methyl sites for hydroxylation is 1. The largest absolute Gasteiger partial charge is 0.497 e. The number of piperidine rings is 1. The molecule has 2 heterocycles. The monoisotopic (exact) mass is 379 g/mol. The van der Waals surface area contributed by atoms with Gasteiger partial charge in [0.05, 0.1) is 19.1 Å². The van der Waals surface area contributed by atoms with E-state index in [-0.39, 0.29) is 11.7 Å². The smallest absolute Gasteiger partial charge is 0.253 e. The van der Waals surface area contributed by atoms with Crippen LogP contribution in [0.5, 0.6) is 11.5 Å². The van der Waals surface area contributed by atoms with Gasteiger partial charge in [-0.25, -0.2) is 0 Å². The lowest BCUT2D eigenvalue weighted by atomic mass is 9.81. The summed E-state index contributed by atoms with van der Waals surface area (Å²) in [4.78, 5) is 27.5. The molecule has 4 rings (SSSR count). The van der Waals surface area contributed by atoms with Crippen molar-refractivity contribution in [3.05, 3.63) is 58.7 Å². The van der Waals surface area contributed by atoms with Crippen molar-refractivity contribution in [3.63, 3.8) is 0 Å². The summed E-state index contributed by atoms with van der Waals surface area (Å²) in [5.74, 6) is 1.52. The van der Waals surface area contributed by atoms with Gasteiger partial charge in [0, 0.05) is 31.5 Å². The van der Waals surface area contributed by atoms with E-state index in [4.69, 9.17) is 9.47 Å². The number of nitrogens with zero attached hydrogens (tertiary/aromatic N) is 1. The summed E-state index contributed by atoms with van der Waals surface area (Å²) in [7, 11) is 1.59. The molecule has 28 heavy (non-hydrogen) atoms. The fourth-order valence-corrected chi connectivity index (χ4v) is 4.12. The van der Waals surface area contributed by atoms with E-state index in [1.165, 1.54) is 0 Å². The summed E-state index contributed by atoms with van der Waals surface area (Å²) >= 11 is 0. The van der Waals surface area contributed by atoms with Gasteiger partial charge in [-0.2, -0.15) is 0 Å². The van der Waals surface area contributed by atoms with Crippen molar-refractivity contribution < 1.29 is 19.1 Å². The Morgan fingerprint density at radius 3 is 2.61 bits per heavy atom. The highest BCUT2D eigenvalue weighted by Gasteiger charge is 2.44. The van der Waals surface area contributed by atoms with Gasteiger partial charge in [0.15, 0.2) is 5.78 Å². The number of ether oxygens (including phenoxy) is 2. The molecule has 2 aromatic carbocycles. The molecule has 0 aromatic heterocycles. The average molecular weight is 379 g/mol. The fourth-order valence-electron chi connectivity index (χ4n) is 4.12. The van der Waals surface area contributed by atoms with E-state index in [0.29, 0.717) is 49.2 Å². The molecular weight excluding hydrogens is 354 g/mol. The highest BCUT2D eigenvalue weighted by molar-refractivity contribution is 6.01. The standard InChI is InChI=1S/C23H25NO4/c1-15-7-8-19-20(25)14-23(28-21(19)16(15)2)9-11-24(12-10-23)22(26)17-5-4-6-18(13-17)27-3/h4-8,13H,9-12,14H2,1-3H3. The second-order valence-electron chi connectivity index (χ2n) is 7.79. The Morgan fingerprint density at radius 2 is 1.89 bits per heavy atom. The van der Waals surface area contributed by atoms with Crippen molar-refractivity contribution in [2.75, 3.05) is 20.2 Å². The predicted molar refractivity (Wildman–Crippen MR) is 106 cm³/mol. The number of likely N-dealkylation sites (tertiary alicyclic amines) is 1. The van der Waals surface area contributed by atoms with Crippen molar-refractivity contribution in [1.29, 1.82) is 0 Å². The van der Waals surface area contributed by atoms with Crippen molar-refractivity contribution in [2.45, 2.75) is 38.7 Å². The quantitative estimate of drug-likeness (QED) is 0.793. The SMILES string of the molecule is COc1cccc(C(=O)N2CCC3(CC2)CC(=O)c2ccc(C)c(C)c2O3)c1. The highest BCUT2D eigenvalue weighted by Crippen LogP contribution is 2.41. The Hall–Kier alpha value is -2.82. The molecule has 0 saturated carbocycles. The third-order valence-corrected chi connectivity index (χ3v) is 6.06. The van der Waals surface area contributed by atoms with Crippen LogP contribution in [0.4, 0.5) is 0 Å². The summed E-state index contributed by atoms with van der Waals surface area (Å²) in [6.07, 6.45) is 1.69. The van der Waals surface area contributed by atoms with Gasteiger partial charge in [-0.3, -0.25) is 9.59 Å². The molecular formula is C23H25NO4. The Morgan fingerprint density at radius 1 is 1.14 bits per heavy atom. The molecule has 1 spiro atoms. The summed E-state index contributed by atoms with van der Waals surface area (Å²) in [6.45, 7) is 5.18. The van der Waals surface area contributed by atoms with Crippen molar-refractivity contribution in [1.82, 2.24) is 4.90 Å². The number of hydrogen-bond acceptors (Lipinski definition) is 4. The summed E-state index contributed by atoms with van der Waals surface area (Å²) in [6, 6.07) is 11.1. The maximum Gasteiger partial charge on any atom is 0.253 e. The van der Waals surface area contributed by atoms with Crippen LogP contribution < -0.4 is 9.47 Å². The van der Waals surface area contributed by atoms with Crippen LogP contribution in [0.15, 0.2) is 36.4 Å². The van der Waals surface area contributed by atoms with E-state index in [2.05, 4.69) is 0 Å². The Bertz CT molecular complexity index is 942. The van der Waals surface area contributed by atoms with Gasteiger partial charge in [-0.15, -0.1) is 0 Å². The molecule has 5 nitrogen and oxygen atoms in total. The number of Topliss-reactive ketones (excluding diaryl/α,β-unsaturated/α-hetero) is 1. The Kier molecular flexibility index (Phi) is 4.61. The van der Waals surface area contributed by atoms with Crippen LogP contribution in [0.3, 0.4) is 0 Å². The normalized spacial score (nSPS) is 17.8. The number of methoxy groups -OCH3 is 1. The van der Waals surface area contributed by atoms with Crippen LogP contribution in [-0.4, -0.2) is 42.4 Å². The third-order valence-electron chi connectivity index (χ3n) is 6.06. The van der Waals surface area contributed by atoms with Gasteiger partial charge in [-0.05, 0) is 49.2 Å². The second-order valence-corrected chi connectivity index (χ2v) is 7.79. The van der Waals surface area contributed by atoms with Crippen LogP contribution in [0, 0.1) is 13.8 Å². The molecule has 1 amide bonds. The average Bonchev–Trinajstić information content (AvgIpc) is 2.71. The number of carbonyl (C=O) groups is 2. The molecule has 1 saturated heterocycles. The molecule has 0 unspecified atom stereocenters. The second kappa shape index (κ2) is 6.97. The molecule has 1 fully saturated rings. The van der Waals surface area contributed by atoms with E-state index in [1.54, 1.807) is 19.2 Å². The molecule has 0 radical (unpaired) electrons. The number of fused-ring (bicyclic) bond motifs is 1. The first-order valence-corrected chi connectivity index (χ1v) is 9.68. The van der Waals surface area contributed by atoms with Crippen LogP contribution in [0.1, 0.15) is 51.1 Å². The van der Waals surface area contributed by atoms with Crippen LogP contribution in [0.2, 0.25) is 0 Å². The number of hydrogen-bond donors (Lipinski definition) is 0. The predicted octanol–water partition coefficient (Wildman–Crippen LogP) is 3.95. The van der Waals surface area contributed by atoms with E-state index in [1.807, 2.05) is 43.0 Å². The van der Waals surface area contributed by atoms with E-state index < -0.39 is 5.60 Å². The Labute approximate surface area is 165 Å². The number of amides is 1. The van der Waals surface area contributed by atoms with Gasteiger partial charge in [-0.1, -0.05) is 12.1 Å². The summed E-state index contributed by atoms with van der Waals surface area (Å²) in [5, 5.41) is 0. The lowest BCUT2D eigenvalue weighted by Gasteiger charge is -2.44. The first-order chi connectivity index (χ1) is 13.4. The molecule has 0 aliphatic carbocycles. The first kappa shape index (κ1) is 18.5. The van der Waals surface area contributed by atoms with E-state index in [0.717, 1.165) is 16.9 Å². The molecule has 2 aliphatic rings. The van der Waals surface area contributed by atoms with Gasteiger partial charge in [0.2, 0.25) is 0 Å². The lowest BCUT2D eigenvalue weighted by molar-refractivity contribution is -0.00621. The number of rotatable bonds is 2. The van der Waals surface area contributed by atoms with Crippen LogP contribution >= 0.6 is 0 Å². The van der Waals surface area contributed by atoms with E-state index in [9.17, 15) is 9.59 Å². The van der Waals surface area contributed by atoms with Crippen LogP contribution in [-0.2, 0) is 0 Å². The summed E-state index contributed by atoms with van der Waals surface area (Å²) in [5.41, 5.74) is 2.94. The minimum Gasteiger partial charge on any atom is -0.497 e. The zero-order valence-corrected chi connectivity index (χ0v) is 16.6. The molecule has 0 atom stereocenters. The minimum absolute atomic E-state index is 0.0108.